The Bertz CT molecular complexity index is 228. The molecule has 0 spiro atoms. The van der Waals surface area contributed by atoms with Crippen LogP contribution in [-0.4, -0.2) is 11.2 Å². The molecule has 1 heterocycles. The summed E-state index contributed by atoms with van der Waals surface area (Å²) in [5.74, 6) is 0.754. The van der Waals surface area contributed by atoms with Gasteiger partial charge in [-0.05, 0) is 23.8 Å². The lowest BCUT2D eigenvalue weighted by Gasteiger charge is -2.10. The fraction of sp³-hybridized carbons (Fsp3) is 0.667. The van der Waals surface area contributed by atoms with Crippen LogP contribution in [0.5, 0.6) is 0 Å². The third-order valence-electron chi connectivity index (χ3n) is 2.34. The fourth-order valence-electron chi connectivity index (χ4n) is 1.52. The van der Waals surface area contributed by atoms with Gasteiger partial charge in [0.05, 0.1) is 6.10 Å². The van der Waals surface area contributed by atoms with E-state index in [1.54, 1.807) is 11.3 Å². The number of rotatable bonds is 6. The lowest BCUT2D eigenvalue weighted by molar-refractivity contribution is 0.160. The third-order valence-corrected chi connectivity index (χ3v) is 3.23. The zero-order valence-corrected chi connectivity index (χ0v) is 9.89. The van der Waals surface area contributed by atoms with Gasteiger partial charge in [-0.25, -0.2) is 0 Å². The van der Waals surface area contributed by atoms with Crippen molar-refractivity contribution in [1.82, 2.24) is 0 Å². The molecule has 0 aliphatic rings. The Labute approximate surface area is 90.8 Å². The van der Waals surface area contributed by atoms with Gasteiger partial charge in [-0.3, -0.25) is 0 Å². The standard InChI is InChI=1S/C12H20OS/c1-10(2)5-3-6-11(13)9-12-7-4-8-14-12/h4,7-8,10-11,13H,3,5-6,9H2,1-2H3. The first-order valence-electron chi connectivity index (χ1n) is 5.39. The normalized spacial score (nSPS) is 13.4. The van der Waals surface area contributed by atoms with Gasteiger partial charge in [0.2, 0.25) is 0 Å². The highest BCUT2D eigenvalue weighted by atomic mass is 32.1. The molecule has 1 aromatic rings. The molecule has 14 heavy (non-hydrogen) atoms. The van der Waals surface area contributed by atoms with Crippen molar-refractivity contribution < 1.29 is 5.11 Å². The molecule has 0 saturated carbocycles. The molecule has 0 aromatic carbocycles. The SMILES string of the molecule is CC(C)CCCC(O)Cc1cccs1. The first-order valence-corrected chi connectivity index (χ1v) is 6.27. The van der Waals surface area contributed by atoms with E-state index < -0.39 is 0 Å². The van der Waals surface area contributed by atoms with Gasteiger partial charge in [0.25, 0.3) is 0 Å². The lowest BCUT2D eigenvalue weighted by atomic mass is 10.0. The second kappa shape index (κ2) is 6.20. The molecule has 0 aliphatic heterocycles. The Morgan fingerprint density at radius 1 is 1.36 bits per heavy atom. The van der Waals surface area contributed by atoms with Crippen molar-refractivity contribution in [2.75, 3.05) is 0 Å². The summed E-state index contributed by atoms with van der Waals surface area (Å²) in [6, 6.07) is 4.14. The minimum atomic E-state index is -0.146. The molecule has 80 valence electrons. The van der Waals surface area contributed by atoms with Crippen molar-refractivity contribution in [3.8, 4) is 0 Å². The van der Waals surface area contributed by atoms with Gasteiger partial charge in [0.15, 0.2) is 0 Å². The summed E-state index contributed by atoms with van der Waals surface area (Å²) in [5.41, 5.74) is 0. The van der Waals surface area contributed by atoms with E-state index in [9.17, 15) is 5.11 Å². The quantitative estimate of drug-likeness (QED) is 0.765. The Morgan fingerprint density at radius 3 is 2.71 bits per heavy atom. The van der Waals surface area contributed by atoms with Crippen molar-refractivity contribution in [3.63, 3.8) is 0 Å². The van der Waals surface area contributed by atoms with Crippen LogP contribution in [0.25, 0.3) is 0 Å². The first kappa shape index (κ1) is 11.7. The number of aliphatic hydroxyl groups is 1. The summed E-state index contributed by atoms with van der Waals surface area (Å²) in [5, 5.41) is 11.8. The Balaban J connectivity index is 2.13. The molecule has 1 atom stereocenters. The molecule has 1 nitrogen and oxygen atoms in total. The van der Waals surface area contributed by atoms with Crippen LogP contribution < -0.4 is 0 Å². The summed E-state index contributed by atoms with van der Waals surface area (Å²) in [6.07, 6.45) is 3.99. The maximum absolute atomic E-state index is 9.74. The van der Waals surface area contributed by atoms with Gasteiger partial charge in [0.1, 0.15) is 0 Å². The molecular weight excluding hydrogens is 192 g/mol. The number of hydrogen-bond donors (Lipinski definition) is 1. The monoisotopic (exact) mass is 212 g/mol. The van der Waals surface area contributed by atoms with Crippen LogP contribution >= 0.6 is 11.3 Å². The van der Waals surface area contributed by atoms with Crippen molar-refractivity contribution in [1.29, 1.82) is 0 Å². The van der Waals surface area contributed by atoms with Crippen LogP contribution in [0.15, 0.2) is 17.5 Å². The molecule has 0 radical (unpaired) electrons. The molecule has 0 saturated heterocycles. The summed E-state index contributed by atoms with van der Waals surface area (Å²) in [4.78, 5) is 1.29. The van der Waals surface area contributed by atoms with Gasteiger partial charge in [-0.2, -0.15) is 0 Å². The van der Waals surface area contributed by atoms with E-state index in [1.165, 1.54) is 11.3 Å². The molecule has 0 amide bonds. The van der Waals surface area contributed by atoms with Crippen LogP contribution in [0.1, 0.15) is 38.0 Å². The maximum Gasteiger partial charge on any atom is 0.0588 e. The van der Waals surface area contributed by atoms with Crippen molar-refractivity contribution in [2.45, 2.75) is 45.6 Å². The van der Waals surface area contributed by atoms with Gasteiger partial charge in [0, 0.05) is 11.3 Å². The number of hydrogen-bond acceptors (Lipinski definition) is 2. The van der Waals surface area contributed by atoms with Crippen LogP contribution in [0.3, 0.4) is 0 Å². The number of aliphatic hydroxyl groups excluding tert-OH is 1. The predicted molar refractivity (Wildman–Crippen MR) is 62.7 cm³/mol. The van der Waals surface area contributed by atoms with Crippen molar-refractivity contribution in [2.24, 2.45) is 5.92 Å². The molecule has 1 N–H and O–H groups in total. The van der Waals surface area contributed by atoms with Crippen molar-refractivity contribution >= 4 is 11.3 Å². The molecule has 0 fully saturated rings. The van der Waals surface area contributed by atoms with Crippen LogP contribution in [0.4, 0.5) is 0 Å². The van der Waals surface area contributed by atoms with Crippen LogP contribution in [-0.2, 0) is 6.42 Å². The van der Waals surface area contributed by atoms with Crippen LogP contribution in [0.2, 0.25) is 0 Å². The fourth-order valence-corrected chi connectivity index (χ4v) is 2.30. The van der Waals surface area contributed by atoms with E-state index >= 15 is 0 Å². The van der Waals surface area contributed by atoms with E-state index in [-0.39, 0.29) is 6.10 Å². The predicted octanol–water partition coefficient (Wildman–Crippen LogP) is 3.48. The van der Waals surface area contributed by atoms with E-state index in [4.69, 9.17) is 0 Å². The third kappa shape index (κ3) is 4.77. The zero-order valence-electron chi connectivity index (χ0n) is 9.07. The second-order valence-corrected chi connectivity index (χ2v) is 5.29. The second-order valence-electron chi connectivity index (χ2n) is 4.26. The van der Waals surface area contributed by atoms with E-state index in [1.807, 2.05) is 6.07 Å². The van der Waals surface area contributed by atoms with Crippen LogP contribution in [0, 0.1) is 5.92 Å². The lowest BCUT2D eigenvalue weighted by Crippen LogP contribution is -2.09. The summed E-state index contributed by atoms with van der Waals surface area (Å²) < 4.78 is 0. The molecule has 1 rings (SSSR count). The molecule has 1 aromatic heterocycles. The molecule has 0 aliphatic carbocycles. The molecular formula is C12H20OS. The first-order chi connectivity index (χ1) is 6.68. The smallest absolute Gasteiger partial charge is 0.0588 e. The highest BCUT2D eigenvalue weighted by Crippen LogP contribution is 2.15. The minimum absolute atomic E-state index is 0.146. The van der Waals surface area contributed by atoms with E-state index in [0.717, 1.165) is 25.2 Å². The Kier molecular flexibility index (Phi) is 5.20. The maximum atomic E-state index is 9.74. The Morgan fingerprint density at radius 2 is 2.14 bits per heavy atom. The Hall–Kier alpha value is -0.340. The minimum Gasteiger partial charge on any atom is -0.393 e. The van der Waals surface area contributed by atoms with E-state index in [2.05, 4.69) is 25.3 Å². The summed E-state index contributed by atoms with van der Waals surface area (Å²) in [7, 11) is 0. The molecule has 2 heteroatoms. The zero-order chi connectivity index (χ0) is 10.4. The van der Waals surface area contributed by atoms with Gasteiger partial charge in [-0.1, -0.05) is 32.8 Å². The van der Waals surface area contributed by atoms with Gasteiger partial charge >= 0.3 is 0 Å². The average molecular weight is 212 g/mol. The van der Waals surface area contributed by atoms with Crippen molar-refractivity contribution in [3.05, 3.63) is 22.4 Å². The summed E-state index contributed by atoms with van der Waals surface area (Å²) >= 11 is 1.73. The van der Waals surface area contributed by atoms with E-state index in [0.29, 0.717) is 0 Å². The van der Waals surface area contributed by atoms with Gasteiger partial charge in [-0.15, -0.1) is 11.3 Å². The molecule has 1 unspecified atom stereocenters. The highest BCUT2D eigenvalue weighted by Gasteiger charge is 2.06. The highest BCUT2D eigenvalue weighted by molar-refractivity contribution is 7.09. The summed E-state index contributed by atoms with van der Waals surface area (Å²) in [6.45, 7) is 4.46. The largest absolute Gasteiger partial charge is 0.393 e. The van der Waals surface area contributed by atoms with Gasteiger partial charge < -0.3 is 5.11 Å². The topological polar surface area (TPSA) is 20.2 Å². The average Bonchev–Trinajstić information content (AvgIpc) is 2.56. The number of thiophene rings is 1. The molecule has 0 bridgehead atoms.